The largest absolute Gasteiger partial charge is 0.399 e. The Hall–Kier alpha value is -2.95. The van der Waals surface area contributed by atoms with Crippen molar-refractivity contribution in [3.8, 4) is 0 Å². The van der Waals surface area contributed by atoms with Gasteiger partial charge in [-0.05, 0) is 60.1 Å². The second-order valence-corrected chi connectivity index (χ2v) is 6.88. The number of nitrogens with two attached hydrogens (primary N) is 1. The molecule has 0 aliphatic rings. The van der Waals surface area contributed by atoms with E-state index in [1.807, 2.05) is 0 Å². The highest BCUT2D eigenvalue weighted by molar-refractivity contribution is 7.85. The van der Waals surface area contributed by atoms with Gasteiger partial charge >= 0.3 is 0 Å². The normalized spacial score (nSPS) is 11.2. The maximum atomic E-state index is 11.1. The predicted octanol–water partition coefficient (Wildman–Crippen LogP) is 2.84. The average Bonchev–Trinajstić information content (AvgIpc) is 2.56. The number of benzene rings is 2. The first-order chi connectivity index (χ1) is 12.3. The standard InChI is InChI=1S/C15H13ClN6O3S/c16-13-20-14(18-10-3-1-9(17)2-4-10)22-15(21-13)19-11-5-7-12(8-6-11)26(23,24)25/h1-8H,17H2,(H,23,24,25)(H2,18,19,20,21,22). The van der Waals surface area contributed by atoms with E-state index in [1.54, 1.807) is 24.3 Å². The van der Waals surface area contributed by atoms with Crippen molar-refractivity contribution in [1.82, 2.24) is 15.0 Å². The zero-order chi connectivity index (χ0) is 18.7. The summed E-state index contributed by atoms with van der Waals surface area (Å²) in [5.74, 6) is 0.370. The van der Waals surface area contributed by atoms with Crippen LogP contribution in [0.5, 0.6) is 0 Å². The third-order valence-electron chi connectivity index (χ3n) is 3.18. The predicted molar refractivity (Wildman–Crippen MR) is 98.5 cm³/mol. The number of nitrogen functional groups attached to an aromatic ring is 1. The van der Waals surface area contributed by atoms with Gasteiger partial charge in [0.1, 0.15) is 0 Å². The Labute approximate surface area is 154 Å². The molecule has 0 amide bonds. The van der Waals surface area contributed by atoms with Crippen LogP contribution in [0.15, 0.2) is 53.4 Å². The van der Waals surface area contributed by atoms with E-state index in [0.717, 1.165) is 0 Å². The van der Waals surface area contributed by atoms with Gasteiger partial charge in [-0.2, -0.15) is 23.4 Å². The molecular formula is C15H13ClN6O3S. The molecule has 5 N–H and O–H groups in total. The first-order valence-electron chi connectivity index (χ1n) is 7.18. The average molecular weight is 393 g/mol. The maximum absolute atomic E-state index is 11.1. The molecule has 3 aromatic rings. The van der Waals surface area contributed by atoms with Crippen molar-refractivity contribution in [2.24, 2.45) is 0 Å². The van der Waals surface area contributed by atoms with Crippen molar-refractivity contribution < 1.29 is 13.0 Å². The van der Waals surface area contributed by atoms with Gasteiger partial charge in [0.15, 0.2) is 0 Å². The highest BCUT2D eigenvalue weighted by atomic mass is 35.5. The molecule has 0 unspecified atom stereocenters. The highest BCUT2D eigenvalue weighted by Crippen LogP contribution is 2.20. The molecule has 0 bridgehead atoms. The van der Waals surface area contributed by atoms with Crippen LogP contribution in [0, 0.1) is 0 Å². The van der Waals surface area contributed by atoms with Crippen LogP contribution >= 0.6 is 11.6 Å². The highest BCUT2D eigenvalue weighted by Gasteiger charge is 2.10. The minimum Gasteiger partial charge on any atom is -0.399 e. The van der Waals surface area contributed by atoms with Gasteiger partial charge in [0.25, 0.3) is 10.1 Å². The van der Waals surface area contributed by atoms with Crippen molar-refractivity contribution in [2.75, 3.05) is 16.4 Å². The Bertz CT molecular complexity index is 1030. The Morgan fingerprint density at radius 2 is 1.31 bits per heavy atom. The van der Waals surface area contributed by atoms with Crippen molar-refractivity contribution in [1.29, 1.82) is 0 Å². The summed E-state index contributed by atoms with van der Waals surface area (Å²) in [5.41, 5.74) is 7.47. The molecule has 0 aliphatic heterocycles. The zero-order valence-corrected chi connectivity index (χ0v) is 14.7. The van der Waals surface area contributed by atoms with Crippen LogP contribution in [0.3, 0.4) is 0 Å². The first kappa shape index (κ1) is 17.9. The number of hydrogen-bond acceptors (Lipinski definition) is 8. The number of nitrogens with zero attached hydrogens (tertiary/aromatic N) is 3. The molecule has 0 aliphatic carbocycles. The molecule has 0 saturated carbocycles. The van der Waals surface area contributed by atoms with Crippen LogP contribution in [-0.2, 0) is 10.1 Å². The molecule has 134 valence electrons. The summed E-state index contributed by atoms with van der Waals surface area (Å²) in [6.45, 7) is 0. The van der Waals surface area contributed by atoms with Gasteiger partial charge in [-0.15, -0.1) is 0 Å². The van der Waals surface area contributed by atoms with E-state index in [2.05, 4.69) is 25.6 Å². The Morgan fingerprint density at radius 1 is 0.846 bits per heavy atom. The molecule has 1 heterocycles. The number of nitrogens with one attached hydrogen (secondary N) is 2. The quantitative estimate of drug-likeness (QED) is 0.380. The van der Waals surface area contributed by atoms with Gasteiger partial charge in [0.05, 0.1) is 4.90 Å². The Balaban J connectivity index is 1.80. The van der Waals surface area contributed by atoms with Crippen LogP contribution in [0.1, 0.15) is 0 Å². The van der Waals surface area contributed by atoms with Gasteiger partial charge in [-0.3, -0.25) is 4.55 Å². The lowest BCUT2D eigenvalue weighted by molar-refractivity contribution is 0.483. The maximum Gasteiger partial charge on any atom is 0.294 e. The van der Waals surface area contributed by atoms with Crippen molar-refractivity contribution in [2.45, 2.75) is 4.90 Å². The molecule has 2 aromatic carbocycles. The molecule has 0 radical (unpaired) electrons. The molecule has 1 aromatic heterocycles. The summed E-state index contributed by atoms with van der Waals surface area (Å²) in [7, 11) is -4.25. The van der Waals surface area contributed by atoms with E-state index in [0.29, 0.717) is 17.1 Å². The summed E-state index contributed by atoms with van der Waals surface area (Å²) in [6.07, 6.45) is 0. The monoisotopic (exact) mass is 392 g/mol. The fourth-order valence-corrected chi connectivity index (χ4v) is 2.64. The topological polar surface area (TPSA) is 143 Å². The summed E-state index contributed by atoms with van der Waals surface area (Å²) in [5, 5.41) is 5.82. The third kappa shape index (κ3) is 4.57. The lowest BCUT2D eigenvalue weighted by Crippen LogP contribution is -2.04. The number of hydrogen-bond donors (Lipinski definition) is 4. The molecule has 9 nitrogen and oxygen atoms in total. The third-order valence-corrected chi connectivity index (χ3v) is 4.22. The smallest absolute Gasteiger partial charge is 0.294 e. The van der Waals surface area contributed by atoms with Crippen molar-refractivity contribution in [3.05, 3.63) is 53.8 Å². The van der Waals surface area contributed by atoms with E-state index in [4.69, 9.17) is 21.9 Å². The second-order valence-electron chi connectivity index (χ2n) is 5.12. The molecule has 3 rings (SSSR count). The van der Waals surface area contributed by atoms with E-state index >= 15 is 0 Å². The fraction of sp³-hybridized carbons (Fsp3) is 0. The Morgan fingerprint density at radius 3 is 1.77 bits per heavy atom. The number of aromatic nitrogens is 3. The van der Waals surface area contributed by atoms with Crippen LogP contribution in [0.4, 0.5) is 29.0 Å². The van der Waals surface area contributed by atoms with Crippen molar-refractivity contribution in [3.63, 3.8) is 0 Å². The minimum absolute atomic E-state index is 0.0324. The zero-order valence-electron chi connectivity index (χ0n) is 13.1. The van der Waals surface area contributed by atoms with Crippen LogP contribution in [-0.4, -0.2) is 27.9 Å². The number of rotatable bonds is 5. The molecular weight excluding hydrogens is 380 g/mol. The first-order valence-corrected chi connectivity index (χ1v) is 9.00. The lowest BCUT2D eigenvalue weighted by atomic mass is 10.3. The van der Waals surface area contributed by atoms with Gasteiger partial charge in [0, 0.05) is 17.1 Å². The molecule has 0 spiro atoms. The SMILES string of the molecule is Nc1ccc(Nc2nc(Cl)nc(Nc3ccc(S(=O)(=O)O)cc3)n2)cc1. The molecule has 0 fully saturated rings. The second kappa shape index (κ2) is 7.12. The molecule has 26 heavy (non-hydrogen) atoms. The molecule has 0 saturated heterocycles. The van der Waals surface area contributed by atoms with Crippen LogP contribution < -0.4 is 16.4 Å². The fourth-order valence-electron chi connectivity index (χ4n) is 2.00. The van der Waals surface area contributed by atoms with E-state index in [9.17, 15) is 8.42 Å². The lowest BCUT2D eigenvalue weighted by Gasteiger charge is -2.09. The van der Waals surface area contributed by atoms with Gasteiger partial charge in [-0.25, -0.2) is 0 Å². The van der Waals surface area contributed by atoms with E-state index in [1.165, 1.54) is 24.3 Å². The van der Waals surface area contributed by atoms with Crippen LogP contribution in [0.2, 0.25) is 5.28 Å². The van der Waals surface area contributed by atoms with Gasteiger partial charge in [-0.1, -0.05) is 0 Å². The molecule has 11 heteroatoms. The summed E-state index contributed by atoms with van der Waals surface area (Å²) < 4.78 is 31.1. The summed E-state index contributed by atoms with van der Waals surface area (Å²) in [6, 6.07) is 12.4. The summed E-state index contributed by atoms with van der Waals surface area (Å²) in [4.78, 5) is 11.9. The van der Waals surface area contributed by atoms with E-state index in [-0.39, 0.29) is 22.1 Å². The number of halogens is 1. The van der Waals surface area contributed by atoms with Gasteiger partial charge in [0.2, 0.25) is 17.2 Å². The van der Waals surface area contributed by atoms with E-state index < -0.39 is 10.1 Å². The minimum atomic E-state index is -4.25. The molecule has 0 atom stereocenters. The van der Waals surface area contributed by atoms with Gasteiger partial charge < -0.3 is 16.4 Å². The van der Waals surface area contributed by atoms with Crippen molar-refractivity contribution >= 4 is 50.7 Å². The Kier molecular flexibility index (Phi) is 4.89. The number of anilines is 5. The summed E-state index contributed by atoms with van der Waals surface area (Å²) >= 11 is 5.92. The van der Waals surface area contributed by atoms with Crippen LogP contribution in [0.25, 0.3) is 0 Å².